The number of aliphatic hydroxyl groups is 5. The number of phenolic OH excluding ortho intramolecular Hbond substituents is 2. The third-order valence-electron chi connectivity index (χ3n) is 8.24. The van der Waals surface area contributed by atoms with Crippen LogP contribution < -0.4 is 0 Å². The van der Waals surface area contributed by atoms with Crippen LogP contribution in [0.5, 0.6) is 11.5 Å². The third-order valence-corrected chi connectivity index (χ3v) is 8.24. The Morgan fingerprint density at radius 2 is 1.34 bits per heavy atom. The molecule has 0 saturated carbocycles. The Bertz CT molecular complexity index is 1820. The SMILES string of the molecule is CC(=O)O[C@@H]1[C@@H](O)[C@H](CO)O[C@H](O[C@@H](CN=Cc2ccc(O)c3ccccc23)[C@@H](CO)O[C@H](O)CN=Cc2ccc(O)c3ccccc23)[C@@H]1O. The molecule has 1 saturated heterocycles. The molecule has 0 amide bonds. The van der Waals surface area contributed by atoms with E-state index in [1.165, 1.54) is 24.6 Å². The van der Waals surface area contributed by atoms with Crippen molar-refractivity contribution in [2.75, 3.05) is 26.3 Å². The van der Waals surface area contributed by atoms with Gasteiger partial charge in [0.2, 0.25) is 0 Å². The van der Waals surface area contributed by atoms with Crippen molar-refractivity contribution in [3.8, 4) is 11.5 Å². The first kappa shape index (κ1) is 36.8. The number of aromatic hydroxyl groups is 2. The Kier molecular flexibility index (Phi) is 12.5. The number of benzene rings is 4. The first-order valence-corrected chi connectivity index (χ1v) is 15.9. The lowest BCUT2D eigenvalue weighted by atomic mass is 9.99. The zero-order valence-corrected chi connectivity index (χ0v) is 27.1. The maximum Gasteiger partial charge on any atom is 0.303 e. The highest BCUT2D eigenvalue weighted by atomic mass is 16.7. The topological polar surface area (TPSA) is 220 Å². The van der Waals surface area contributed by atoms with Crippen LogP contribution in [0.3, 0.4) is 0 Å². The Morgan fingerprint density at radius 1 is 0.800 bits per heavy atom. The van der Waals surface area contributed by atoms with Gasteiger partial charge in [0.05, 0.1) is 26.3 Å². The number of esters is 1. The summed E-state index contributed by atoms with van der Waals surface area (Å²) in [7, 11) is 0. The van der Waals surface area contributed by atoms with Crippen LogP contribution in [-0.2, 0) is 23.7 Å². The molecule has 0 aliphatic carbocycles. The van der Waals surface area contributed by atoms with Crippen molar-refractivity contribution in [1.29, 1.82) is 0 Å². The van der Waals surface area contributed by atoms with Crippen LogP contribution in [0.15, 0.2) is 82.8 Å². The third kappa shape index (κ3) is 8.61. The average molecular weight is 693 g/mol. The zero-order chi connectivity index (χ0) is 35.8. The van der Waals surface area contributed by atoms with Crippen molar-refractivity contribution < 1.29 is 59.5 Å². The predicted molar refractivity (Wildman–Crippen MR) is 182 cm³/mol. The first-order chi connectivity index (χ1) is 24.1. The molecule has 1 aliphatic rings. The minimum atomic E-state index is -1.72. The quantitative estimate of drug-likeness (QED) is 0.0567. The van der Waals surface area contributed by atoms with Crippen LogP contribution >= 0.6 is 0 Å². The van der Waals surface area contributed by atoms with Gasteiger partial charge in [0.25, 0.3) is 0 Å². The van der Waals surface area contributed by atoms with E-state index < -0.39 is 68.4 Å². The summed E-state index contributed by atoms with van der Waals surface area (Å²) in [6, 6.07) is 20.8. The van der Waals surface area contributed by atoms with E-state index in [9.17, 15) is 40.5 Å². The molecule has 7 N–H and O–H groups in total. The van der Waals surface area contributed by atoms with E-state index in [4.69, 9.17) is 18.9 Å². The number of nitrogens with zero attached hydrogens (tertiary/aromatic N) is 2. The molecule has 14 heteroatoms. The van der Waals surface area contributed by atoms with E-state index in [1.807, 2.05) is 24.3 Å². The van der Waals surface area contributed by atoms with Crippen LogP contribution in [0.1, 0.15) is 18.1 Å². The summed E-state index contributed by atoms with van der Waals surface area (Å²) in [5.74, 6) is -0.590. The average Bonchev–Trinajstić information content (AvgIpc) is 3.11. The van der Waals surface area contributed by atoms with Gasteiger partial charge in [0.1, 0.15) is 42.0 Å². The highest BCUT2D eigenvalue weighted by Crippen LogP contribution is 2.29. The molecule has 1 fully saturated rings. The van der Waals surface area contributed by atoms with E-state index in [0.717, 1.165) is 12.3 Å². The highest BCUT2D eigenvalue weighted by Gasteiger charge is 2.48. The zero-order valence-electron chi connectivity index (χ0n) is 27.1. The number of aliphatic hydroxyl groups excluding tert-OH is 5. The maximum atomic E-state index is 11.7. The second-order valence-corrected chi connectivity index (χ2v) is 11.7. The van der Waals surface area contributed by atoms with Crippen molar-refractivity contribution in [1.82, 2.24) is 0 Å². The first-order valence-electron chi connectivity index (χ1n) is 15.9. The summed E-state index contributed by atoms with van der Waals surface area (Å²) < 4.78 is 22.5. The van der Waals surface area contributed by atoms with E-state index in [-0.39, 0.29) is 24.6 Å². The van der Waals surface area contributed by atoms with Gasteiger partial charge in [-0.05, 0) is 35.0 Å². The van der Waals surface area contributed by atoms with Crippen LogP contribution in [0.2, 0.25) is 0 Å². The Labute approximate surface area is 287 Å². The van der Waals surface area contributed by atoms with E-state index in [2.05, 4.69) is 9.98 Å². The van der Waals surface area contributed by atoms with Crippen molar-refractivity contribution in [3.63, 3.8) is 0 Å². The molecule has 8 atom stereocenters. The number of aliphatic imine (C=N–C) groups is 2. The number of rotatable bonds is 14. The second-order valence-electron chi connectivity index (χ2n) is 11.7. The van der Waals surface area contributed by atoms with Gasteiger partial charge < -0.3 is 54.7 Å². The summed E-state index contributed by atoms with van der Waals surface area (Å²) in [6.07, 6.45) is -8.69. The lowest BCUT2D eigenvalue weighted by Crippen LogP contribution is -2.61. The van der Waals surface area contributed by atoms with Crippen LogP contribution in [0.25, 0.3) is 21.5 Å². The molecular formula is C36H40N2O12. The fourth-order valence-electron chi connectivity index (χ4n) is 5.74. The second kappa shape index (κ2) is 16.9. The van der Waals surface area contributed by atoms with Gasteiger partial charge in [0.15, 0.2) is 18.7 Å². The molecule has 266 valence electrons. The molecule has 1 aliphatic heterocycles. The fourth-order valence-corrected chi connectivity index (χ4v) is 5.74. The molecule has 5 rings (SSSR count). The van der Waals surface area contributed by atoms with Gasteiger partial charge in [-0.2, -0.15) is 0 Å². The smallest absolute Gasteiger partial charge is 0.303 e. The van der Waals surface area contributed by atoms with Gasteiger partial charge in [0, 0.05) is 41.3 Å². The van der Waals surface area contributed by atoms with Crippen LogP contribution in [0.4, 0.5) is 0 Å². The largest absolute Gasteiger partial charge is 0.507 e. The molecule has 0 spiro atoms. The van der Waals surface area contributed by atoms with Crippen molar-refractivity contribution in [2.24, 2.45) is 9.98 Å². The molecular weight excluding hydrogens is 652 g/mol. The number of fused-ring (bicyclic) bond motifs is 2. The van der Waals surface area contributed by atoms with E-state index in [1.54, 1.807) is 36.4 Å². The standard InChI is InChI=1S/C36H40N2O12/c1-20(41)47-35-33(45)31(19-40)50-36(34(35)46)49-29(16-37-14-21-10-12-27(42)25-8-4-2-6-23(21)25)30(18-39)48-32(44)17-38-15-22-11-13-28(43)26-9-5-3-7-24(22)26/h2-15,29-36,39-40,42-46H,16-19H2,1H3/t29-,30+,31-,32-,33-,34+,35+,36-/m0/s1. The number of hydrogen-bond acceptors (Lipinski definition) is 14. The predicted octanol–water partition coefficient (Wildman–Crippen LogP) is 1.39. The highest BCUT2D eigenvalue weighted by molar-refractivity contribution is 6.03. The van der Waals surface area contributed by atoms with E-state index in [0.29, 0.717) is 27.3 Å². The summed E-state index contributed by atoms with van der Waals surface area (Å²) >= 11 is 0. The Morgan fingerprint density at radius 3 is 1.86 bits per heavy atom. The molecule has 0 unspecified atom stereocenters. The minimum absolute atomic E-state index is 0.0920. The maximum absolute atomic E-state index is 11.7. The summed E-state index contributed by atoms with van der Waals surface area (Å²) in [6.45, 7) is -0.764. The summed E-state index contributed by atoms with van der Waals surface area (Å²) in [4.78, 5) is 20.5. The Hall–Kier alpha value is -4.51. The molecule has 1 heterocycles. The van der Waals surface area contributed by atoms with Crippen LogP contribution in [0, 0.1) is 0 Å². The fraction of sp³-hybridized carbons (Fsp3) is 0.361. The molecule has 4 aromatic rings. The van der Waals surface area contributed by atoms with Crippen LogP contribution in [-0.4, -0.2) is 130 Å². The van der Waals surface area contributed by atoms with Crippen molar-refractivity contribution in [2.45, 2.75) is 56.1 Å². The molecule has 0 radical (unpaired) electrons. The lowest BCUT2D eigenvalue weighted by Gasteiger charge is -2.42. The monoisotopic (exact) mass is 692 g/mol. The summed E-state index contributed by atoms with van der Waals surface area (Å²) in [5.41, 5.74) is 1.34. The molecule has 14 nitrogen and oxygen atoms in total. The molecule has 0 aromatic heterocycles. The summed E-state index contributed by atoms with van der Waals surface area (Å²) in [5, 5.41) is 75.6. The minimum Gasteiger partial charge on any atom is -0.507 e. The number of hydrogen-bond donors (Lipinski definition) is 7. The molecule has 50 heavy (non-hydrogen) atoms. The van der Waals surface area contributed by atoms with Gasteiger partial charge in [-0.25, -0.2) is 0 Å². The lowest BCUT2D eigenvalue weighted by molar-refractivity contribution is -0.322. The van der Waals surface area contributed by atoms with Gasteiger partial charge >= 0.3 is 5.97 Å². The Balaban J connectivity index is 1.36. The number of ether oxygens (including phenoxy) is 4. The number of carbonyl (C=O) groups excluding carboxylic acids is 1. The van der Waals surface area contributed by atoms with Crippen molar-refractivity contribution >= 4 is 39.9 Å². The normalized spacial score (nSPS) is 23.0. The van der Waals surface area contributed by atoms with Gasteiger partial charge in [-0.15, -0.1) is 0 Å². The molecule has 4 aromatic carbocycles. The van der Waals surface area contributed by atoms with Crippen molar-refractivity contribution in [3.05, 3.63) is 83.9 Å². The molecule has 0 bridgehead atoms. The number of phenols is 2. The van der Waals surface area contributed by atoms with Gasteiger partial charge in [-0.3, -0.25) is 14.8 Å². The van der Waals surface area contributed by atoms with E-state index >= 15 is 0 Å². The van der Waals surface area contributed by atoms with Gasteiger partial charge in [-0.1, -0.05) is 48.5 Å². The number of carbonyl (C=O) groups is 1.